The average Bonchev–Trinajstić information content (AvgIpc) is 3.60. The van der Waals surface area contributed by atoms with Gasteiger partial charge in [0.05, 0.1) is 11.1 Å². The Balaban J connectivity index is 1.06. The highest BCUT2D eigenvalue weighted by molar-refractivity contribution is 6.02. The van der Waals surface area contributed by atoms with Crippen LogP contribution in [0.25, 0.3) is 0 Å². The molecule has 2 saturated heterocycles. The molecule has 4 aliphatic rings. The predicted octanol–water partition coefficient (Wildman–Crippen LogP) is 4.71. The fourth-order valence-electron chi connectivity index (χ4n) is 9.39. The summed E-state index contributed by atoms with van der Waals surface area (Å²) in [5, 5.41) is 18.1. The molecular formula is C43H45N7O7. The summed E-state index contributed by atoms with van der Waals surface area (Å²) in [7, 11) is 3.47. The molecule has 8 rings (SSSR count). The van der Waals surface area contributed by atoms with Crippen molar-refractivity contribution >= 4 is 35.3 Å². The summed E-state index contributed by atoms with van der Waals surface area (Å²) in [6.45, 7) is 2.93. The van der Waals surface area contributed by atoms with Gasteiger partial charge >= 0.3 is 6.03 Å². The van der Waals surface area contributed by atoms with E-state index >= 15 is 0 Å². The van der Waals surface area contributed by atoms with Gasteiger partial charge in [0.1, 0.15) is 0 Å². The molecule has 4 heterocycles. The Kier molecular flexibility index (Phi) is 9.70. The second kappa shape index (κ2) is 14.7. The number of piperidine rings is 2. The number of amides is 6. The minimum atomic E-state index is -0.629. The Bertz CT molecular complexity index is 2240. The standard InChI is InChI=1S/C43H45N7O7/c1-46(2)41(55)48-23-19-43(20-24-48)36-16-15-32(25-34(36)40(54)50(43)27-29-9-13-31(14-10-29)38(52)45-57)47-21-17-42(18-22-47)35-6-4-3-5-33(35)39(53)49(42)26-28-7-11-30(12-8-28)37(51)44-56/h3-16,25,56-57H,17-24,26-27H2,1-2H3,(H,44,51)(H,45,52). The van der Waals surface area contributed by atoms with Crippen LogP contribution >= 0.6 is 0 Å². The molecule has 57 heavy (non-hydrogen) atoms. The van der Waals surface area contributed by atoms with Crippen LogP contribution in [0.15, 0.2) is 91.0 Å². The van der Waals surface area contributed by atoms with Crippen molar-refractivity contribution in [1.29, 1.82) is 0 Å². The molecule has 4 aromatic rings. The second-order valence-electron chi connectivity index (χ2n) is 15.5. The molecule has 0 bridgehead atoms. The molecule has 2 spiro atoms. The van der Waals surface area contributed by atoms with E-state index in [0.29, 0.717) is 87.2 Å². The lowest BCUT2D eigenvalue weighted by atomic mass is 9.79. The van der Waals surface area contributed by atoms with Crippen LogP contribution in [0.5, 0.6) is 0 Å². The fourth-order valence-corrected chi connectivity index (χ4v) is 9.39. The number of hydrogen-bond donors (Lipinski definition) is 4. The van der Waals surface area contributed by atoms with Crippen LogP contribution in [0.3, 0.4) is 0 Å². The molecule has 4 N–H and O–H groups in total. The van der Waals surface area contributed by atoms with E-state index in [1.165, 1.54) is 0 Å². The Morgan fingerprint density at radius 1 is 0.632 bits per heavy atom. The van der Waals surface area contributed by atoms with Crippen LogP contribution in [0.1, 0.15) is 89.4 Å². The molecule has 6 amide bonds. The van der Waals surface area contributed by atoms with E-state index < -0.39 is 22.9 Å². The van der Waals surface area contributed by atoms with Gasteiger partial charge < -0.3 is 24.5 Å². The number of carbonyl (C=O) groups excluding carboxylic acids is 5. The summed E-state index contributed by atoms with van der Waals surface area (Å²) in [5.41, 5.74) is 8.67. The van der Waals surface area contributed by atoms with Gasteiger partial charge in [-0.1, -0.05) is 48.5 Å². The summed E-state index contributed by atoms with van der Waals surface area (Å²) < 4.78 is 0. The maximum atomic E-state index is 14.6. The molecular weight excluding hydrogens is 727 g/mol. The lowest BCUT2D eigenvalue weighted by Gasteiger charge is -2.46. The van der Waals surface area contributed by atoms with Gasteiger partial charge in [-0.05, 0) is 90.4 Å². The van der Waals surface area contributed by atoms with Gasteiger partial charge in [0.15, 0.2) is 0 Å². The van der Waals surface area contributed by atoms with E-state index in [0.717, 1.165) is 27.9 Å². The van der Waals surface area contributed by atoms with Crippen LogP contribution < -0.4 is 15.9 Å². The van der Waals surface area contributed by atoms with Gasteiger partial charge in [0.25, 0.3) is 23.6 Å². The van der Waals surface area contributed by atoms with Crippen LogP contribution in [0.2, 0.25) is 0 Å². The van der Waals surface area contributed by atoms with Gasteiger partial charge in [-0.25, -0.2) is 15.8 Å². The zero-order chi connectivity index (χ0) is 40.1. The molecule has 294 valence electrons. The van der Waals surface area contributed by atoms with Crippen LogP contribution in [-0.2, 0) is 24.2 Å². The average molecular weight is 772 g/mol. The van der Waals surface area contributed by atoms with E-state index in [2.05, 4.69) is 17.0 Å². The van der Waals surface area contributed by atoms with E-state index in [4.69, 9.17) is 10.4 Å². The van der Waals surface area contributed by atoms with E-state index in [1.807, 2.05) is 45.0 Å². The van der Waals surface area contributed by atoms with E-state index in [1.54, 1.807) is 78.5 Å². The quantitative estimate of drug-likeness (QED) is 0.155. The van der Waals surface area contributed by atoms with Crippen molar-refractivity contribution in [1.82, 2.24) is 30.6 Å². The van der Waals surface area contributed by atoms with Crippen LogP contribution in [0, 0.1) is 0 Å². The first-order valence-corrected chi connectivity index (χ1v) is 19.2. The van der Waals surface area contributed by atoms with Crippen molar-refractivity contribution in [3.8, 4) is 0 Å². The molecule has 2 fully saturated rings. The van der Waals surface area contributed by atoms with Crippen LogP contribution in [0.4, 0.5) is 10.5 Å². The lowest BCUT2D eigenvalue weighted by Crippen LogP contribution is -2.53. The summed E-state index contributed by atoms with van der Waals surface area (Å²) in [6.07, 6.45) is 2.48. The van der Waals surface area contributed by atoms with Gasteiger partial charge in [-0.15, -0.1) is 0 Å². The van der Waals surface area contributed by atoms with Crippen molar-refractivity contribution in [3.05, 3.63) is 136 Å². The number of nitrogens with zero attached hydrogens (tertiary/aromatic N) is 5. The minimum absolute atomic E-state index is 0.0330. The van der Waals surface area contributed by atoms with E-state index in [-0.39, 0.29) is 17.8 Å². The number of nitrogens with one attached hydrogen (secondary N) is 2. The first kappa shape index (κ1) is 37.7. The number of anilines is 1. The SMILES string of the molecule is CN(C)C(=O)N1CCC2(CC1)c1ccc(N3CCC4(CC3)c3ccccc3C(=O)N4Cc3ccc(C(=O)NO)cc3)cc1C(=O)N2Cc1ccc(C(=O)NO)cc1. The molecule has 4 aliphatic heterocycles. The number of benzene rings is 4. The molecule has 0 radical (unpaired) electrons. The molecule has 14 nitrogen and oxygen atoms in total. The molecule has 0 atom stereocenters. The summed E-state index contributed by atoms with van der Waals surface area (Å²) in [4.78, 5) is 74.9. The van der Waals surface area contributed by atoms with Crippen LogP contribution in [-0.4, -0.2) is 99.9 Å². The van der Waals surface area contributed by atoms with Crippen molar-refractivity contribution in [2.45, 2.75) is 49.9 Å². The maximum Gasteiger partial charge on any atom is 0.319 e. The van der Waals surface area contributed by atoms with Gasteiger partial charge in [-0.2, -0.15) is 0 Å². The number of urea groups is 1. The fraction of sp³-hybridized carbons (Fsp3) is 0.326. The zero-order valence-electron chi connectivity index (χ0n) is 31.9. The summed E-state index contributed by atoms with van der Waals surface area (Å²) >= 11 is 0. The molecule has 0 saturated carbocycles. The minimum Gasteiger partial charge on any atom is -0.371 e. The number of rotatable bonds is 7. The smallest absolute Gasteiger partial charge is 0.319 e. The Hall–Kier alpha value is -6.25. The summed E-state index contributed by atoms with van der Waals surface area (Å²) in [5.74, 6) is -1.34. The molecule has 0 aliphatic carbocycles. The second-order valence-corrected chi connectivity index (χ2v) is 15.5. The molecule has 0 unspecified atom stereocenters. The molecule has 0 aromatic heterocycles. The maximum absolute atomic E-state index is 14.6. The predicted molar refractivity (Wildman–Crippen MR) is 209 cm³/mol. The lowest BCUT2D eigenvalue weighted by molar-refractivity contribution is 0.0272. The van der Waals surface area contributed by atoms with Gasteiger partial charge in [-0.3, -0.25) is 29.6 Å². The summed E-state index contributed by atoms with van der Waals surface area (Å²) in [6, 6.07) is 27.6. The van der Waals surface area contributed by atoms with Crippen molar-refractivity contribution in [2.75, 3.05) is 45.2 Å². The number of hydrogen-bond acceptors (Lipinski definition) is 8. The Morgan fingerprint density at radius 3 is 1.61 bits per heavy atom. The number of fused-ring (bicyclic) bond motifs is 4. The van der Waals surface area contributed by atoms with Crippen molar-refractivity contribution in [2.24, 2.45) is 0 Å². The monoisotopic (exact) mass is 771 g/mol. The molecule has 4 aromatic carbocycles. The van der Waals surface area contributed by atoms with E-state index in [9.17, 15) is 24.0 Å². The first-order valence-electron chi connectivity index (χ1n) is 19.2. The number of carbonyl (C=O) groups is 5. The Labute approximate surface area is 330 Å². The first-order chi connectivity index (χ1) is 27.5. The zero-order valence-corrected chi connectivity index (χ0v) is 31.9. The normalized spacial score (nSPS) is 17.8. The Morgan fingerprint density at radius 2 is 1.11 bits per heavy atom. The third kappa shape index (κ3) is 6.34. The highest BCUT2D eigenvalue weighted by Crippen LogP contribution is 2.50. The van der Waals surface area contributed by atoms with Crippen molar-refractivity contribution in [3.63, 3.8) is 0 Å². The number of hydroxylamine groups is 2. The highest BCUT2D eigenvalue weighted by Gasteiger charge is 2.53. The molecule has 14 heteroatoms. The largest absolute Gasteiger partial charge is 0.371 e. The third-order valence-electron chi connectivity index (χ3n) is 12.4. The highest BCUT2D eigenvalue weighted by atomic mass is 16.5. The van der Waals surface area contributed by atoms with Gasteiger partial charge in [0, 0.05) is 81.3 Å². The topological polar surface area (TPSA) is 166 Å². The number of likely N-dealkylation sites (tertiary alicyclic amines) is 1. The van der Waals surface area contributed by atoms with Crippen molar-refractivity contribution < 1.29 is 34.4 Å². The third-order valence-corrected chi connectivity index (χ3v) is 12.4. The van der Waals surface area contributed by atoms with Gasteiger partial charge in [0.2, 0.25) is 0 Å².